The number of nitrogens with zero attached hydrogens (tertiary/aromatic N) is 4. The Kier molecular flexibility index (Phi) is 7.95. The summed E-state index contributed by atoms with van der Waals surface area (Å²) in [6.45, 7) is 7.79. The van der Waals surface area contributed by atoms with E-state index < -0.39 is 4.92 Å². The molecule has 2 N–H and O–H groups in total. The van der Waals surface area contributed by atoms with Crippen molar-refractivity contribution in [2.45, 2.75) is 46.2 Å². The minimum absolute atomic E-state index is 0.0426. The summed E-state index contributed by atoms with van der Waals surface area (Å²) in [6, 6.07) is 17.9. The molecule has 42 heavy (non-hydrogen) atoms. The van der Waals surface area contributed by atoms with Crippen molar-refractivity contribution in [1.29, 1.82) is 0 Å². The molecule has 1 fully saturated rings. The summed E-state index contributed by atoms with van der Waals surface area (Å²) < 4.78 is 7.63. The summed E-state index contributed by atoms with van der Waals surface area (Å²) in [5.74, 6) is 0.350. The Bertz CT molecular complexity index is 1690. The second kappa shape index (κ2) is 11.6. The smallest absolute Gasteiger partial charge is 0.273 e. The van der Waals surface area contributed by atoms with Gasteiger partial charge in [-0.25, -0.2) is 0 Å². The maximum Gasteiger partial charge on any atom is 0.273 e. The number of benzene rings is 2. The van der Waals surface area contributed by atoms with Gasteiger partial charge in [-0.1, -0.05) is 13.0 Å². The third-order valence-corrected chi connectivity index (χ3v) is 7.90. The number of anilines is 2. The molecular formula is C31H32N6O4S. The molecule has 1 aliphatic heterocycles. The van der Waals surface area contributed by atoms with E-state index in [1.165, 1.54) is 19.2 Å². The molecule has 0 unspecified atom stereocenters. The largest absolute Gasteiger partial charge is 0.494 e. The van der Waals surface area contributed by atoms with E-state index in [1.807, 2.05) is 68.7 Å². The number of hydrogen-bond donors (Lipinski definition) is 2. The quantitative estimate of drug-likeness (QED) is 0.142. The normalized spacial score (nSPS) is 16.3. The van der Waals surface area contributed by atoms with Gasteiger partial charge in [0.25, 0.3) is 5.69 Å². The minimum Gasteiger partial charge on any atom is -0.494 e. The second-order valence-corrected chi connectivity index (χ2v) is 10.6. The molecule has 0 saturated carbocycles. The molecule has 0 bridgehead atoms. The Morgan fingerprint density at radius 1 is 1.14 bits per heavy atom. The van der Waals surface area contributed by atoms with Crippen LogP contribution in [0.3, 0.4) is 0 Å². The van der Waals surface area contributed by atoms with Crippen molar-refractivity contribution in [3.05, 3.63) is 105 Å². The number of carbonyl (C=O) groups excluding carboxylic acids is 1. The minimum atomic E-state index is -0.436. The van der Waals surface area contributed by atoms with Gasteiger partial charge in [0.05, 0.1) is 41.6 Å². The number of hydrogen-bond acceptors (Lipinski definition) is 6. The molecule has 4 aromatic rings. The fraction of sp³-hybridized carbons (Fsp3) is 0.258. The highest BCUT2D eigenvalue weighted by molar-refractivity contribution is 7.80. The molecule has 10 nitrogen and oxygen atoms in total. The van der Waals surface area contributed by atoms with Gasteiger partial charge < -0.3 is 24.8 Å². The van der Waals surface area contributed by atoms with Crippen LogP contribution in [0.5, 0.6) is 5.75 Å². The first-order valence-corrected chi connectivity index (χ1v) is 14.0. The van der Waals surface area contributed by atoms with Crippen molar-refractivity contribution in [3.8, 4) is 11.4 Å². The number of thiocarbonyl (C=S) groups is 1. The van der Waals surface area contributed by atoms with Crippen LogP contribution in [0.2, 0.25) is 0 Å². The van der Waals surface area contributed by atoms with Gasteiger partial charge in [0.15, 0.2) is 5.11 Å². The maximum atomic E-state index is 12.0. The lowest BCUT2D eigenvalue weighted by molar-refractivity contribution is -0.384. The standard InChI is InChI=1S/C31H32N6O4S/c1-6-28(38)33-24-12-10-21(15-18(24)2)36-30(29(34-31(36)42)25-9-7-8-14-32-25)23-16-19(3)35(20(23)4)26-13-11-22(37(39)40)17-27(26)41-5/h7-17,29-30H,6H2,1-5H3,(H,33,38)(H,34,42)/t29-,30+/m1/s1. The van der Waals surface area contributed by atoms with E-state index in [0.717, 1.165) is 39.6 Å². The molecule has 0 radical (unpaired) electrons. The highest BCUT2D eigenvalue weighted by atomic mass is 32.1. The van der Waals surface area contributed by atoms with Gasteiger partial charge >= 0.3 is 0 Å². The molecule has 216 valence electrons. The lowest BCUT2D eigenvalue weighted by Gasteiger charge is -2.29. The third-order valence-electron chi connectivity index (χ3n) is 7.59. The molecule has 1 amide bonds. The predicted molar refractivity (Wildman–Crippen MR) is 166 cm³/mol. The number of nitro benzene ring substituents is 1. The topological polar surface area (TPSA) is 115 Å². The zero-order valence-corrected chi connectivity index (χ0v) is 24.9. The maximum absolute atomic E-state index is 12.0. The Labute approximate surface area is 249 Å². The summed E-state index contributed by atoms with van der Waals surface area (Å²) in [5, 5.41) is 18.4. The van der Waals surface area contributed by atoms with Crippen molar-refractivity contribution in [1.82, 2.24) is 14.9 Å². The SMILES string of the molecule is CCC(=O)Nc1ccc(N2C(=S)N[C@H](c3ccccn3)[C@@H]2c2cc(C)n(-c3ccc([N+](=O)[O-])cc3OC)c2C)cc1C. The van der Waals surface area contributed by atoms with E-state index >= 15 is 0 Å². The molecule has 2 aromatic carbocycles. The fourth-order valence-electron chi connectivity index (χ4n) is 5.55. The summed E-state index contributed by atoms with van der Waals surface area (Å²) in [4.78, 5) is 29.8. The number of nitrogens with one attached hydrogen (secondary N) is 2. The van der Waals surface area contributed by atoms with Crippen molar-refractivity contribution in [2.75, 3.05) is 17.3 Å². The Morgan fingerprint density at radius 3 is 2.57 bits per heavy atom. The predicted octanol–water partition coefficient (Wildman–Crippen LogP) is 6.24. The molecule has 2 atom stereocenters. The number of nitro groups is 1. The molecule has 1 saturated heterocycles. The number of non-ortho nitro benzene ring substituents is 1. The third kappa shape index (κ3) is 5.18. The molecule has 11 heteroatoms. The molecule has 2 aromatic heterocycles. The van der Waals surface area contributed by atoms with Crippen LogP contribution in [0, 0.1) is 30.9 Å². The molecule has 0 aliphatic carbocycles. The Balaban J connectivity index is 1.65. The van der Waals surface area contributed by atoms with Crippen LogP contribution >= 0.6 is 12.2 Å². The fourth-order valence-corrected chi connectivity index (χ4v) is 5.89. The highest BCUT2D eigenvalue weighted by Gasteiger charge is 2.42. The number of aromatic nitrogens is 2. The van der Waals surface area contributed by atoms with E-state index in [-0.39, 0.29) is 23.7 Å². The summed E-state index contributed by atoms with van der Waals surface area (Å²) in [7, 11) is 1.50. The van der Waals surface area contributed by atoms with Crippen LogP contribution in [0.15, 0.2) is 66.9 Å². The number of pyridine rings is 1. The van der Waals surface area contributed by atoms with Crippen molar-refractivity contribution >= 4 is 40.3 Å². The van der Waals surface area contributed by atoms with Crippen LogP contribution in [0.4, 0.5) is 17.1 Å². The Hall–Kier alpha value is -4.77. The van der Waals surface area contributed by atoms with E-state index in [2.05, 4.69) is 26.6 Å². The summed E-state index contributed by atoms with van der Waals surface area (Å²) >= 11 is 5.92. The zero-order valence-electron chi connectivity index (χ0n) is 24.0. The van der Waals surface area contributed by atoms with Gasteiger partial charge in [-0.05, 0) is 86.6 Å². The highest BCUT2D eigenvalue weighted by Crippen LogP contribution is 2.45. The summed E-state index contributed by atoms with van der Waals surface area (Å²) in [6.07, 6.45) is 2.16. The first-order valence-electron chi connectivity index (χ1n) is 13.6. The lowest BCUT2D eigenvalue weighted by atomic mass is 9.96. The summed E-state index contributed by atoms with van der Waals surface area (Å²) in [5.41, 5.74) is 6.92. The van der Waals surface area contributed by atoms with Crippen LogP contribution in [-0.4, -0.2) is 32.6 Å². The first-order chi connectivity index (χ1) is 20.1. The number of ether oxygens (including phenoxy) is 1. The zero-order chi connectivity index (χ0) is 30.1. The van der Waals surface area contributed by atoms with Gasteiger partial charge in [-0.15, -0.1) is 0 Å². The number of carbonyl (C=O) groups is 1. The van der Waals surface area contributed by atoms with Crippen molar-refractivity contribution < 1.29 is 14.5 Å². The van der Waals surface area contributed by atoms with Crippen LogP contribution < -0.4 is 20.3 Å². The number of rotatable bonds is 8. The molecule has 0 spiro atoms. The molecule has 3 heterocycles. The number of aryl methyl sites for hydroxylation is 2. The van der Waals surface area contributed by atoms with E-state index in [4.69, 9.17) is 17.0 Å². The van der Waals surface area contributed by atoms with E-state index in [0.29, 0.717) is 23.0 Å². The van der Waals surface area contributed by atoms with E-state index in [9.17, 15) is 14.9 Å². The van der Waals surface area contributed by atoms with Crippen LogP contribution in [0.25, 0.3) is 5.69 Å². The second-order valence-electron chi connectivity index (χ2n) is 10.2. The van der Waals surface area contributed by atoms with E-state index in [1.54, 1.807) is 12.3 Å². The van der Waals surface area contributed by atoms with Gasteiger partial charge in [0, 0.05) is 41.4 Å². The number of amides is 1. The van der Waals surface area contributed by atoms with Gasteiger partial charge in [0.2, 0.25) is 5.91 Å². The molecule has 1 aliphatic rings. The van der Waals surface area contributed by atoms with Crippen LogP contribution in [-0.2, 0) is 4.79 Å². The first kappa shape index (κ1) is 28.7. The average molecular weight is 585 g/mol. The molecular weight excluding hydrogens is 552 g/mol. The Morgan fingerprint density at radius 2 is 1.93 bits per heavy atom. The monoisotopic (exact) mass is 584 g/mol. The number of methoxy groups -OCH3 is 1. The molecule has 5 rings (SSSR count). The van der Waals surface area contributed by atoms with Crippen LogP contribution in [0.1, 0.15) is 53.6 Å². The average Bonchev–Trinajstić information content (AvgIpc) is 3.48. The lowest BCUT2D eigenvalue weighted by Crippen LogP contribution is -2.29. The van der Waals surface area contributed by atoms with Gasteiger partial charge in [-0.3, -0.25) is 19.9 Å². The van der Waals surface area contributed by atoms with Gasteiger partial charge in [0.1, 0.15) is 5.75 Å². The van der Waals surface area contributed by atoms with Crippen molar-refractivity contribution in [2.24, 2.45) is 0 Å². The van der Waals surface area contributed by atoms with Crippen molar-refractivity contribution in [3.63, 3.8) is 0 Å². The van der Waals surface area contributed by atoms with Gasteiger partial charge in [-0.2, -0.15) is 0 Å².